The fourth-order valence-corrected chi connectivity index (χ4v) is 2.04. The molecule has 0 aliphatic carbocycles. The molecule has 0 saturated carbocycles. The van der Waals surface area contributed by atoms with E-state index in [1.807, 2.05) is 32.9 Å². The van der Waals surface area contributed by atoms with Gasteiger partial charge in [-0.25, -0.2) is 9.97 Å². The standard InChI is InChI=1S/C15H16Cl2N2O/c1-9(2)15-18-8-14(12(7-16)19-15)20-13-6-11(17)5-4-10(13)3/h4-6,8-9H,7H2,1-3H3. The van der Waals surface area contributed by atoms with Gasteiger partial charge in [-0.05, 0) is 24.6 Å². The Balaban J connectivity index is 2.35. The second-order valence-electron chi connectivity index (χ2n) is 4.84. The van der Waals surface area contributed by atoms with E-state index in [4.69, 9.17) is 27.9 Å². The molecule has 1 heterocycles. The normalized spacial score (nSPS) is 10.9. The Morgan fingerprint density at radius 2 is 2.00 bits per heavy atom. The van der Waals surface area contributed by atoms with Crippen LogP contribution >= 0.6 is 23.2 Å². The first kappa shape index (κ1) is 15.1. The number of hydrogen-bond donors (Lipinski definition) is 0. The quantitative estimate of drug-likeness (QED) is 0.737. The lowest BCUT2D eigenvalue weighted by molar-refractivity contribution is 0.466. The zero-order chi connectivity index (χ0) is 14.7. The molecule has 1 aromatic carbocycles. The monoisotopic (exact) mass is 310 g/mol. The summed E-state index contributed by atoms with van der Waals surface area (Å²) in [6.07, 6.45) is 1.67. The first-order chi connectivity index (χ1) is 9.51. The second-order valence-corrected chi connectivity index (χ2v) is 5.54. The molecule has 0 spiro atoms. The molecule has 0 bridgehead atoms. The van der Waals surface area contributed by atoms with Crippen LogP contribution in [-0.2, 0) is 5.88 Å². The van der Waals surface area contributed by atoms with Crippen molar-refractivity contribution in [3.63, 3.8) is 0 Å². The first-order valence-electron chi connectivity index (χ1n) is 6.37. The summed E-state index contributed by atoms with van der Waals surface area (Å²) in [4.78, 5) is 8.75. The third-order valence-electron chi connectivity index (χ3n) is 2.86. The van der Waals surface area contributed by atoms with E-state index in [0.29, 0.717) is 22.2 Å². The molecule has 0 aliphatic rings. The van der Waals surface area contributed by atoms with Crippen LogP contribution in [-0.4, -0.2) is 9.97 Å². The van der Waals surface area contributed by atoms with E-state index < -0.39 is 0 Å². The Kier molecular flexibility index (Phi) is 4.84. The fraction of sp³-hybridized carbons (Fsp3) is 0.333. The molecule has 20 heavy (non-hydrogen) atoms. The molecule has 1 aromatic heterocycles. The van der Waals surface area contributed by atoms with Crippen LogP contribution in [0.2, 0.25) is 5.02 Å². The Hall–Kier alpha value is -1.32. The van der Waals surface area contributed by atoms with Crippen molar-refractivity contribution in [2.24, 2.45) is 0 Å². The molecule has 2 aromatic rings. The highest BCUT2D eigenvalue weighted by Gasteiger charge is 2.12. The lowest BCUT2D eigenvalue weighted by Gasteiger charge is -2.13. The van der Waals surface area contributed by atoms with Crippen molar-refractivity contribution < 1.29 is 4.74 Å². The summed E-state index contributed by atoms with van der Waals surface area (Å²) in [5.74, 6) is 2.53. The topological polar surface area (TPSA) is 35.0 Å². The second kappa shape index (κ2) is 6.42. The summed E-state index contributed by atoms with van der Waals surface area (Å²) in [7, 11) is 0. The number of nitrogens with zero attached hydrogens (tertiary/aromatic N) is 2. The minimum atomic E-state index is 0.249. The number of aromatic nitrogens is 2. The summed E-state index contributed by atoms with van der Waals surface area (Å²) in [5, 5.41) is 0.623. The predicted octanol–water partition coefficient (Wildman–Crippen LogP) is 5.09. The van der Waals surface area contributed by atoms with Gasteiger partial charge in [0.05, 0.1) is 12.1 Å². The highest BCUT2D eigenvalue weighted by Crippen LogP contribution is 2.30. The Bertz CT molecular complexity index is 615. The minimum absolute atomic E-state index is 0.249. The summed E-state index contributed by atoms with van der Waals surface area (Å²) in [6, 6.07) is 5.50. The molecular weight excluding hydrogens is 295 g/mol. The third-order valence-corrected chi connectivity index (χ3v) is 3.35. The molecule has 0 atom stereocenters. The SMILES string of the molecule is Cc1ccc(Cl)cc1Oc1cnc(C(C)C)nc1CCl. The van der Waals surface area contributed by atoms with Gasteiger partial charge in [0.1, 0.15) is 17.3 Å². The van der Waals surface area contributed by atoms with Crippen molar-refractivity contribution in [1.82, 2.24) is 9.97 Å². The molecule has 0 radical (unpaired) electrons. The Morgan fingerprint density at radius 1 is 1.25 bits per heavy atom. The van der Waals surface area contributed by atoms with Gasteiger partial charge in [0.15, 0.2) is 5.75 Å². The molecule has 0 N–H and O–H groups in total. The number of halogens is 2. The van der Waals surface area contributed by atoms with Crippen LogP contribution in [0.15, 0.2) is 24.4 Å². The van der Waals surface area contributed by atoms with Crippen molar-refractivity contribution in [2.75, 3.05) is 0 Å². The van der Waals surface area contributed by atoms with Crippen LogP contribution in [0.5, 0.6) is 11.5 Å². The van der Waals surface area contributed by atoms with Crippen molar-refractivity contribution in [3.8, 4) is 11.5 Å². The molecule has 106 valence electrons. The van der Waals surface area contributed by atoms with Crippen molar-refractivity contribution in [3.05, 3.63) is 46.5 Å². The zero-order valence-corrected chi connectivity index (χ0v) is 13.2. The van der Waals surface area contributed by atoms with Crippen LogP contribution in [0, 0.1) is 6.92 Å². The lowest BCUT2D eigenvalue weighted by Crippen LogP contribution is -2.02. The molecular formula is C15H16Cl2N2O. The van der Waals surface area contributed by atoms with Crippen LogP contribution < -0.4 is 4.74 Å². The van der Waals surface area contributed by atoms with Crippen LogP contribution in [0.25, 0.3) is 0 Å². The van der Waals surface area contributed by atoms with Gasteiger partial charge in [-0.15, -0.1) is 11.6 Å². The summed E-state index contributed by atoms with van der Waals surface area (Å²) in [6.45, 7) is 6.03. The van der Waals surface area contributed by atoms with Gasteiger partial charge < -0.3 is 4.74 Å². The zero-order valence-electron chi connectivity index (χ0n) is 11.7. The minimum Gasteiger partial charge on any atom is -0.453 e. The molecule has 0 unspecified atom stereocenters. The van der Waals surface area contributed by atoms with Gasteiger partial charge in [-0.1, -0.05) is 31.5 Å². The van der Waals surface area contributed by atoms with E-state index in [0.717, 1.165) is 11.4 Å². The molecule has 3 nitrogen and oxygen atoms in total. The summed E-state index contributed by atoms with van der Waals surface area (Å²) in [5.41, 5.74) is 1.67. The largest absolute Gasteiger partial charge is 0.453 e. The Morgan fingerprint density at radius 3 is 2.65 bits per heavy atom. The van der Waals surface area contributed by atoms with E-state index in [1.165, 1.54) is 0 Å². The Labute approximate surface area is 128 Å². The van der Waals surface area contributed by atoms with Crippen LogP contribution in [0.3, 0.4) is 0 Å². The van der Waals surface area contributed by atoms with Crippen molar-refractivity contribution >= 4 is 23.2 Å². The fourth-order valence-electron chi connectivity index (χ4n) is 1.68. The first-order valence-corrected chi connectivity index (χ1v) is 7.28. The van der Waals surface area contributed by atoms with Gasteiger partial charge >= 0.3 is 0 Å². The maximum Gasteiger partial charge on any atom is 0.168 e. The van der Waals surface area contributed by atoms with Gasteiger partial charge in [0.2, 0.25) is 0 Å². The van der Waals surface area contributed by atoms with Crippen molar-refractivity contribution in [1.29, 1.82) is 0 Å². The van der Waals surface area contributed by atoms with E-state index >= 15 is 0 Å². The van der Waals surface area contributed by atoms with Gasteiger partial charge in [-0.2, -0.15) is 0 Å². The summed E-state index contributed by atoms with van der Waals surface area (Å²) < 4.78 is 5.85. The lowest BCUT2D eigenvalue weighted by atomic mass is 10.2. The van der Waals surface area contributed by atoms with Gasteiger partial charge in [0, 0.05) is 10.9 Å². The average Bonchev–Trinajstić information content (AvgIpc) is 2.43. The molecule has 0 aliphatic heterocycles. The number of ether oxygens (including phenoxy) is 1. The summed E-state index contributed by atoms with van der Waals surface area (Å²) >= 11 is 11.9. The smallest absolute Gasteiger partial charge is 0.168 e. The molecule has 0 amide bonds. The number of hydrogen-bond acceptors (Lipinski definition) is 3. The van der Waals surface area contributed by atoms with Crippen molar-refractivity contribution in [2.45, 2.75) is 32.6 Å². The molecule has 5 heteroatoms. The molecule has 0 saturated heterocycles. The number of aryl methyl sites for hydroxylation is 1. The highest BCUT2D eigenvalue weighted by molar-refractivity contribution is 6.30. The molecule has 2 rings (SSSR count). The average molecular weight is 311 g/mol. The maximum atomic E-state index is 5.99. The number of rotatable bonds is 4. The van der Waals surface area contributed by atoms with E-state index in [-0.39, 0.29) is 11.8 Å². The maximum absolute atomic E-state index is 5.99. The highest BCUT2D eigenvalue weighted by atomic mass is 35.5. The van der Waals surface area contributed by atoms with Crippen LogP contribution in [0.4, 0.5) is 0 Å². The van der Waals surface area contributed by atoms with E-state index in [1.54, 1.807) is 12.3 Å². The predicted molar refractivity (Wildman–Crippen MR) is 81.9 cm³/mol. The molecule has 0 fully saturated rings. The van der Waals surface area contributed by atoms with Gasteiger partial charge in [0.25, 0.3) is 0 Å². The van der Waals surface area contributed by atoms with Crippen LogP contribution in [0.1, 0.15) is 36.8 Å². The number of alkyl halides is 1. The van der Waals surface area contributed by atoms with E-state index in [2.05, 4.69) is 9.97 Å². The van der Waals surface area contributed by atoms with Gasteiger partial charge in [-0.3, -0.25) is 0 Å². The van der Waals surface area contributed by atoms with E-state index in [9.17, 15) is 0 Å². The third kappa shape index (κ3) is 3.41. The number of benzene rings is 1.